The zero-order chi connectivity index (χ0) is 39.2. The summed E-state index contributed by atoms with van der Waals surface area (Å²) in [6, 6.07) is 8.26. The highest BCUT2D eigenvalue weighted by atomic mass is 32.2. The van der Waals surface area contributed by atoms with Gasteiger partial charge in [-0.25, -0.2) is 32.0 Å². The Balaban J connectivity index is 1.32. The van der Waals surface area contributed by atoms with Gasteiger partial charge in [0.2, 0.25) is 34.1 Å². The van der Waals surface area contributed by atoms with E-state index in [1.54, 1.807) is 39.0 Å². The highest BCUT2D eigenvalue weighted by molar-refractivity contribution is 7.91. The van der Waals surface area contributed by atoms with Gasteiger partial charge in [0.1, 0.15) is 29.4 Å². The number of carbonyl (C=O) groups is 4. The van der Waals surface area contributed by atoms with Gasteiger partial charge in [-0.3, -0.25) is 19.1 Å². The fraction of sp³-hybridized carbons (Fsp3) is 0.556. The van der Waals surface area contributed by atoms with E-state index in [0.29, 0.717) is 29.6 Å². The number of amides is 4. The average Bonchev–Trinajstić information content (AvgIpc) is 3.98. The van der Waals surface area contributed by atoms with Crippen molar-refractivity contribution in [2.24, 2.45) is 17.3 Å². The van der Waals surface area contributed by atoms with Crippen LogP contribution in [-0.2, 0) is 29.1 Å². The average molecular weight is 791 g/mol. The Morgan fingerprint density at radius 1 is 1.06 bits per heavy atom. The first-order valence-electron chi connectivity index (χ1n) is 17.8. The van der Waals surface area contributed by atoms with Crippen LogP contribution in [-0.4, -0.2) is 95.7 Å². The maximum absolute atomic E-state index is 14.5. The van der Waals surface area contributed by atoms with Crippen LogP contribution in [0.25, 0.3) is 21.6 Å². The number of sulfonamides is 1. The summed E-state index contributed by atoms with van der Waals surface area (Å²) in [6.07, 6.45) is -4.81. The molecule has 3 aromatic rings. The Kier molecular flexibility index (Phi) is 10.9. The highest BCUT2D eigenvalue weighted by Crippen LogP contribution is 2.48. The lowest BCUT2D eigenvalue weighted by Crippen LogP contribution is -2.60. The van der Waals surface area contributed by atoms with Crippen molar-refractivity contribution >= 4 is 56.2 Å². The monoisotopic (exact) mass is 790 g/mol. The molecule has 3 fully saturated rings. The van der Waals surface area contributed by atoms with Crippen molar-refractivity contribution in [3.05, 3.63) is 41.8 Å². The van der Waals surface area contributed by atoms with Crippen molar-refractivity contribution in [2.75, 3.05) is 13.2 Å². The Hall–Kier alpha value is -4.45. The second kappa shape index (κ2) is 15.0. The summed E-state index contributed by atoms with van der Waals surface area (Å²) < 4.78 is 67.1. The Labute approximate surface area is 315 Å². The predicted octanol–water partition coefficient (Wildman–Crippen LogP) is 4.25. The lowest BCUT2D eigenvalue weighted by Gasteiger charge is -2.35. The number of rotatable bonds is 13. The van der Waals surface area contributed by atoms with E-state index in [-0.39, 0.29) is 31.4 Å². The van der Waals surface area contributed by atoms with E-state index in [9.17, 15) is 36.4 Å². The molecular formula is C36H44F2N6O8S2. The van der Waals surface area contributed by atoms with Crippen LogP contribution in [0.4, 0.5) is 13.6 Å². The van der Waals surface area contributed by atoms with Crippen molar-refractivity contribution < 1.29 is 45.9 Å². The van der Waals surface area contributed by atoms with Crippen molar-refractivity contribution in [1.82, 2.24) is 30.2 Å². The zero-order valence-corrected chi connectivity index (χ0v) is 32.1. The lowest BCUT2D eigenvalue weighted by atomic mass is 9.85. The number of alkyl carbamates (subject to hydrolysis) is 1. The number of hydrogen-bond donors (Lipinski definition) is 3. The van der Waals surface area contributed by atoms with Crippen LogP contribution in [0.5, 0.6) is 5.88 Å². The topological polar surface area (TPSA) is 186 Å². The molecule has 3 N–H and O–H groups in total. The minimum absolute atomic E-state index is 0.0182. The molecule has 292 valence electrons. The second-order valence-electron chi connectivity index (χ2n) is 15.5. The van der Waals surface area contributed by atoms with Crippen LogP contribution in [0.1, 0.15) is 60.3 Å². The molecule has 54 heavy (non-hydrogen) atoms. The van der Waals surface area contributed by atoms with Gasteiger partial charge in [0.15, 0.2) is 0 Å². The molecule has 1 aromatic carbocycles. The minimum Gasteiger partial charge on any atom is -0.471 e. The van der Waals surface area contributed by atoms with Crippen molar-refractivity contribution in [3.8, 4) is 16.5 Å². The Morgan fingerprint density at radius 3 is 2.31 bits per heavy atom. The van der Waals surface area contributed by atoms with Gasteiger partial charge in [-0.2, -0.15) is 0 Å². The molecule has 0 spiro atoms. The van der Waals surface area contributed by atoms with Gasteiger partial charge in [-0.15, -0.1) is 11.3 Å². The Morgan fingerprint density at radius 2 is 1.74 bits per heavy atom. The molecule has 2 saturated carbocycles. The van der Waals surface area contributed by atoms with Crippen LogP contribution in [0.3, 0.4) is 0 Å². The molecule has 5 atom stereocenters. The summed E-state index contributed by atoms with van der Waals surface area (Å²) in [5.74, 6) is -4.41. The molecule has 18 heteroatoms. The summed E-state index contributed by atoms with van der Waals surface area (Å²) in [7, 11) is -4.13. The second-order valence-corrected chi connectivity index (χ2v) is 18.5. The highest BCUT2D eigenvalue weighted by Gasteiger charge is 2.67. The van der Waals surface area contributed by atoms with Crippen LogP contribution < -0.4 is 20.1 Å². The van der Waals surface area contributed by atoms with E-state index < -0.39 is 87.0 Å². The van der Waals surface area contributed by atoms with Crippen LogP contribution >= 0.6 is 11.3 Å². The summed E-state index contributed by atoms with van der Waals surface area (Å²) in [6.45, 7) is 8.74. The van der Waals surface area contributed by atoms with Gasteiger partial charge in [-0.1, -0.05) is 52.8 Å². The van der Waals surface area contributed by atoms with Crippen molar-refractivity contribution in [1.29, 1.82) is 0 Å². The minimum atomic E-state index is -4.13. The predicted molar refractivity (Wildman–Crippen MR) is 195 cm³/mol. The summed E-state index contributed by atoms with van der Waals surface area (Å²) >= 11 is 1.41. The van der Waals surface area contributed by atoms with Crippen molar-refractivity contribution in [3.63, 3.8) is 0 Å². The number of nitrogens with zero attached hydrogens (tertiary/aromatic N) is 3. The number of para-hydroxylation sites is 2. The first-order valence-corrected chi connectivity index (χ1v) is 20.2. The molecule has 1 saturated heterocycles. The SMILES string of the molecule is CC(C)COC(=O)N[C@H](C(=O)N1C[C@H](Oc2nc3ccccc3nc2-c2cccs2)CC1C(=O)N[C@]1(C(=O)NS(=O)(=O)C2CC2)C[C@H]1C(F)F)C(C)(C)C. The number of aromatic nitrogens is 2. The van der Waals surface area contributed by atoms with Gasteiger partial charge in [0.25, 0.3) is 5.91 Å². The number of likely N-dealkylation sites (tertiary alicyclic amines) is 1. The third kappa shape index (κ3) is 8.43. The molecule has 1 unspecified atom stereocenters. The summed E-state index contributed by atoms with van der Waals surface area (Å²) in [4.78, 5) is 66.3. The summed E-state index contributed by atoms with van der Waals surface area (Å²) in [5.41, 5.74) is -1.55. The molecule has 0 radical (unpaired) electrons. The molecule has 0 bridgehead atoms. The van der Waals surface area contributed by atoms with E-state index in [1.807, 2.05) is 42.1 Å². The number of hydrogen-bond acceptors (Lipinski definition) is 11. The lowest BCUT2D eigenvalue weighted by molar-refractivity contribution is -0.143. The molecule has 14 nitrogen and oxygen atoms in total. The number of nitrogens with one attached hydrogen (secondary N) is 3. The molecule has 1 aliphatic heterocycles. The van der Waals surface area contributed by atoms with E-state index in [2.05, 4.69) is 10.6 Å². The number of alkyl halides is 2. The number of benzene rings is 1. The summed E-state index contributed by atoms with van der Waals surface area (Å²) in [5, 5.41) is 6.10. The van der Waals surface area contributed by atoms with Gasteiger partial charge in [0, 0.05) is 6.42 Å². The fourth-order valence-corrected chi connectivity index (χ4v) is 8.50. The number of ether oxygens (including phenoxy) is 2. The van der Waals surface area contributed by atoms with Crippen molar-refractivity contribution in [2.45, 2.75) is 95.7 Å². The Bertz CT molecular complexity index is 2020. The van der Waals surface area contributed by atoms with Crippen LogP contribution in [0.2, 0.25) is 0 Å². The van der Waals surface area contributed by atoms with E-state index in [4.69, 9.17) is 19.4 Å². The van der Waals surface area contributed by atoms with E-state index in [0.717, 1.165) is 4.88 Å². The maximum atomic E-state index is 14.5. The zero-order valence-electron chi connectivity index (χ0n) is 30.5. The number of fused-ring (bicyclic) bond motifs is 1. The normalized spacial score (nSPS) is 23.3. The number of thiophene rings is 1. The maximum Gasteiger partial charge on any atom is 0.407 e. The molecule has 6 rings (SSSR count). The first-order chi connectivity index (χ1) is 25.4. The first kappa shape index (κ1) is 39.2. The largest absolute Gasteiger partial charge is 0.471 e. The molecule has 3 heterocycles. The van der Waals surface area contributed by atoms with E-state index in [1.165, 1.54) is 16.2 Å². The molecule has 2 aliphatic carbocycles. The van der Waals surface area contributed by atoms with Gasteiger partial charge >= 0.3 is 6.09 Å². The van der Waals surface area contributed by atoms with Crippen LogP contribution in [0, 0.1) is 17.3 Å². The molecular weight excluding hydrogens is 747 g/mol. The number of halogens is 2. The molecule has 3 aliphatic rings. The van der Waals surface area contributed by atoms with E-state index >= 15 is 0 Å². The number of carbonyl (C=O) groups excluding carboxylic acids is 4. The fourth-order valence-electron chi connectivity index (χ4n) is 6.43. The van der Waals surface area contributed by atoms with Gasteiger partial charge < -0.3 is 25.0 Å². The van der Waals surface area contributed by atoms with Crippen LogP contribution in [0.15, 0.2) is 41.8 Å². The van der Waals surface area contributed by atoms with Gasteiger partial charge in [-0.05, 0) is 54.2 Å². The molecule has 4 amide bonds. The third-order valence-corrected chi connectivity index (χ3v) is 12.3. The quantitative estimate of drug-likeness (QED) is 0.226. The van der Waals surface area contributed by atoms with Gasteiger partial charge in [0.05, 0.1) is 40.2 Å². The standard InChI is InChI=1S/C36H44F2N6O8S2/c1-19(2)18-51-34(48)41-28(35(3,4)5)32(46)44-17-20(52-31-27(26-11-8-14-53-26)39-23-9-6-7-10-24(23)40-31)15-25(44)30(45)42-36(16-22(36)29(37)38)33(47)43-54(49,50)21-12-13-21/h6-11,14,19-22,25,28-29H,12-13,15-18H2,1-5H3,(H,41,48)(H,42,45)(H,43,47)/t20-,22+,25?,28-,36-/m1/s1. The third-order valence-electron chi connectivity index (χ3n) is 9.61. The smallest absolute Gasteiger partial charge is 0.407 e. The molecule has 2 aromatic heterocycles.